The van der Waals surface area contributed by atoms with Crippen molar-refractivity contribution in [3.63, 3.8) is 0 Å². The second-order valence-corrected chi connectivity index (χ2v) is 6.72. The lowest BCUT2D eigenvalue weighted by molar-refractivity contribution is 0.161. The molecule has 0 aromatic heterocycles. The number of hydrogen-bond acceptors (Lipinski definition) is 5. The van der Waals surface area contributed by atoms with Gasteiger partial charge in [0.2, 0.25) is 0 Å². The Balaban J connectivity index is 4.66. The minimum absolute atomic E-state index is 0.153. The van der Waals surface area contributed by atoms with Crippen LogP contribution in [0, 0.1) is 17.2 Å². The zero-order valence-corrected chi connectivity index (χ0v) is 14.3. The summed E-state index contributed by atoms with van der Waals surface area (Å²) < 4.78 is 21.5. The van der Waals surface area contributed by atoms with Crippen molar-refractivity contribution < 1.29 is 10.4 Å². The van der Waals surface area contributed by atoms with Crippen LogP contribution in [0.15, 0.2) is 0 Å². The van der Waals surface area contributed by atoms with Crippen molar-refractivity contribution in [1.82, 2.24) is 9.99 Å². The van der Waals surface area contributed by atoms with Crippen LogP contribution in [0.2, 0.25) is 0 Å². The standard InChI is InChI=1S/C14H30N3O2P/c1-12(2)17(13(3)4)20(18-9-7-8-15)19-11-14(5)10-16-6/h12-14,16H,7,9-11H2,1-6H3/i5D. The average molecular weight is 304 g/mol. The lowest BCUT2D eigenvalue weighted by Crippen LogP contribution is -2.34. The third-order valence-electron chi connectivity index (χ3n) is 2.58. The molecule has 0 aliphatic heterocycles. The van der Waals surface area contributed by atoms with Gasteiger partial charge in [-0.15, -0.1) is 0 Å². The van der Waals surface area contributed by atoms with Gasteiger partial charge < -0.3 is 14.4 Å². The molecule has 6 heteroatoms. The van der Waals surface area contributed by atoms with E-state index in [1.165, 1.54) is 0 Å². The van der Waals surface area contributed by atoms with Crippen LogP contribution in [0.25, 0.3) is 0 Å². The maximum Gasteiger partial charge on any atom is 0.259 e. The number of hydrogen-bond donors (Lipinski definition) is 1. The molecular weight excluding hydrogens is 273 g/mol. The van der Waals surface area contributed by atoms with E-state index in [2.05, 4.69) is 43.8 Å². The highest BCUT2D eigenvalue weighted by molar-refractivity contribution is 7.44. The van der Waals surface area contributed by atoms with E-state index in [9.17, 15) is 0 Å². The van der Waals surface area contributed by atoms with E-state index in [4.69, 9.17) is 15.7 Å². The average Bonchev–Trinajstić information content (AvgIpc) is 2.42. The molecule has 0 aliphatic rings. The topological polar surface area (TPSA) is 57.5 Å². The molecule has 0 rings (SSSR count). The molecule has 20 heavy (non-hydrogen) atoms. The third-order valence-corrected chi connectivity index (χ3v) is 4.65. The molecule has 0 aromatic rings. The van der Waals surface area contributed by atoms with E-state index in [1.54, 1.807) is 0 Å². The van der Waals surface area contributed by atoms with E-state index in [1.807, 2.05) is 7.05 Å². The summed E-state index contributed by atoms with van der Waals surface area (Å²) in [5.74, 6) is 0.153. The Hall–Kier alpha value is -0.240. The monoisotopic (exact) mass is 304 g/mol. The zero-order chi connectivity index (χ0) is 16.3. The lowest BCUT2D eigenvalue weighted by Gasteiger charge is -2.36. The first-order valence-electron chi connectivity index (χ1n) is 7.83. The van der Waals surface area contributed by atoms with Crippen molar-refractivity contribution in [1.29, 1.82) is 5.26 Å². The van der Waals surface area contributed by atoms with E-state index >= 15 is 0 Å². The molecule has 0 saturated heterocycles. The van der Waals surface area contributed by atoms with Gasteiger partial charge in [-0.05, 0) is 47.2 Å². The van der Waals surface area contributed by atoms with Crippen molar-refractivity contribution >= 4 is 8.53 Å². The second kappa shape index (κ2) is 11.4. The predicted octanol–water partition coefficient (Wildman–Crippen LogP) is 3.13. The van der Waals surface area contributed by atoms with Crippen LogP contribution in [0.3, 0.4) is 0 Å². The first-order chi connectivity index (χ1) is 9.97. The summed E-state index contributed by atoms with van der Waals surface area (Å²) in [4.78, 5) is 0. The van der Waals surface area contributed by atoms with Crippen LogP contribution in [-0.4, -0.2) is 43.6 Å². The number of nitrogens with one attached hydrogen (secondary N) is 1. The summed E-state index contributed by atoms with van der Waals surface area (Å²) in [6.45, 7) is 10.4. The molecule has 2 atom stereocenters. The van der Waals surface area contributed by atoms with Crippen LogP contribution in [0.5, 0.6) is 0 Å². The van der Waals surface area contributed by atoms with E-state index in [-0.39, 0.29) is 5.92 Å². The predicted molar refractivity (Wildman–Crippen MR) is 84.3 cm³/mol. The molecule has 0 aliphatic carbocycles. The van der Waals surface area contributed by atoms with Crippen molar-refractivity contribution in [3.05, 3.63) is 0 Å². The Morgan fingerprint density at radius 2 is 1.95 bits per heavy atom. The highest BCUT2D eigenvalue weighted by atomic mass is 31.2. The molecule has 0 bridgehead atoms. The minimum Gasteiger partial charge on any atom is -0.322 e. The molecular formula is C14H30N3O2P. The van der Waals surface area contributed by atoms with Gasteiger partial charge in [-0.3, -0.25) is 0 Å². The fourth-order valence-electron chi connectivity index (χ4n) is 1.83. The quantitative estimate of drug-likeness (QED) is 0.469. The molecule has 0 saturated carbocycles. The molecule has 0 amide bonds. The van der Waals surface area contributed by atoms with Gasteiger partial charge in [0.25, 0.3) is 8.53 Å². The molecule has 5 nitrogen and oxygen atoms in total. The van der Waals surface area contributed by atoms with Gasteiger partial charge in [0.05, 0.1) is 25.7 Å². The van der Waals surface area contributed by atoms with Crippen LogP contribution in [0.4, 0.5) is 0 Å². The molecule has 118 valence electrons. The van der Waals surface area contributed by atoms with Crippen LogP contribution in [0.1, 0.15) is 42.4 Å². The Kier molecular flexibility index (Phi) is 10.2. The van der Waals surface area contributed by atoms with Crippen LogP contribution in [-0.2, 0) is 9.05 Å². The summed E-state index contributed by atoms with van der Waals surface area (Å²) in [6, 6.07) is 2.69. The summed E-state index contributed by atoms with van der Waals surface area (Å²) in [6.07, 6.45) is 0.366. The highest BCUT2D eigenvalue weighted by Gasteiger charge is 2.27. The summed E-state index contributed by atoms with van der Waals surface area (Å²) >= 11 is 0. The molecule has 0 radical (unpaired) electrons. The number of nitriles is 1. The smallest absolute Gasteiger partial charge is 0.259 e. The largest absolute Gasteiger partial charge is 0.322 e. The van der Waals surface area contributed by atoms with Gasteiger partial charge in [0, 0.05) is 13.5 Å². The molecule has 0 fully saturated rings. The van der Waals surface area contributed by atoms with E-state index in [0.29, 0.717) is 38.6 Å². The van der Waals surface area contributed by atoms with Gasteiger partial charge in [0.15, 0.2) is 0 Å². The van der Waals surface area contributed by atoms with Crippen molar-refractivity contribution in [2.45, 2.75) is 53.1 Å². The first-order valence-corrected chi connectivity index (χ1v) is 8.25. The maximum absolute atomic E-state index is 8.65. The Morgan fingerprint density at radius 1 is 1.30 bits per heavy atom. The van der Waals surface area contributed by atoms with Gasteiger partial charge in [0.1, 0.15) is 0 Å². The van der Waals surface area contributed by atoms with Gasteiger partial charge in [-0.2, -0.15) is 5.26 Å². The minimum atomic E-state index is -1.19. The number of rotatable bonds is 11. The molecule has 0 spiro atoms. The molecule has 2 unspecified atom stereocenters. The fraction of sp³-hybridized carbons (Fsp3) is 0.929. The Labute approximate surface area is 127 Å². The van der Waals surface area contributed by atoms with Gasteiger partial charge >= 0.3 is 0 Å². The summed E-state index contributed by atoms with van der Waals surface area (Å²) in [5, 5.41) is 11.7. The van der Waals surface area contributed by atoms with Crippen molar-refractivity contribution in [2.24, 2.45) is 5.92 Å². The van der Waals surface area contributed by atoms with E-state index in [0.717, 1.165) is 6.54 Å². The molecule has 0 heterocycles. The molecule has 1 N–H and O–H groups in total. The summed E-state index contributed by atoms with van der Waals surface area (Å²) in [7, 11) is 0.686. The van der Waals surface area contributed by atoms with Crippen LogP contribution >= 0.6 is 8.53 Å². The fourth-order valence-corrected chi connectivity index (χ4v) is 3.51. The van der Waals surface area contributed by atoms with Gasteiger partial charge in [-0.25, -0.2) is 4.67 Å². The Morgan fingerprint density at radius 3 is 2.40 bits per heavy atom. The van der Waals surface area contributed by atoms with Crippen LogP contribution < -0.4 is 5.32 Å². The SMILES string of the molecule is [2H]CC(CNC)COP(OCCC#N)N(C(C)C)C(C)C. The van der Waals surface area contributed by atoms with Gasteiger partial charge in [-0.1, -0.05) is 6.90 Å². The number of nitrogens with zero attached hydrogens (tertiary/aromatic N) is 2. The second-order valence-electron chi connectivity index (χ2n) is 5.27. The van der Waals surface area contributed by atoms with E-state index < -0.39 is 8.53 Å². The first kappa shape index (κ1) is 17.8. The Bertz CT molecular complexity index is 292. The molecule has 0 aromatic carbocycles. The highest BCUT2D eigenvalue weighted by Crippen LogP contribution is 2.46. The summed E-state index contributed by atoms with van der Waals surface area (Å²) in [5.41, 5.74) is 0. The third kappa shape index (κ3) is 8.14. The van der Waals surface area contributed by atoms with Crippen molar-refractivity contribution in [2.75, 3.05) is 26.8 Å². The zero-order valence-electron chi connectivity index (χ0n) is 14.4. The lowest BCUT2D eigenvalue weighted by atomic mass is 10.2. The van der Waals surface area contributed by atoms with Crippen molar-refractivity contribution in [3.8, 4) is 6.07 Å². The maximum atomic E-state index is 8.65. The normalized spacial score (nSPS) is 15.4.